The lowest BCUT2D eigenvalue weighted by Gasteiger charge is -2.26. The third-order valence-electron chi connectivity index (χ3n) is 4.12. The minimum Gasteiger partial charge on any atom is -0.495 e. The molecule has 0 bridgehead atoms. The SMILES string of the molecule is COc1c(Br)cc(C)c(C)c1C1(C(C)N)CC1. The van der Waals surface area contributed by atoms with Gasteiger partial charge in [0.1, 0.15) is 5.75 Å². The van der Waals surface area contributed by atoms with Gasteiger partial charge in [-0.2, -0.15) is 0 Å². The van der Waals surface area contributed by atoms with Crippen LogP contribution in [-0.4, -0.2) is 13.2 Å². The van der Waals surface area contributed by atoms with Crippen LogP contribution in [0.15, 0.2) is 10.5 Å². The fourth-order valence-corrected chi connectivity index (χ4v) is 3.42. The summed E-state index contributed by atoms with van der Waals surface area (Å²) in [4.78, 5) is 0. The number of ether oxygens (including phenoxy) is 1. The van der Waals surface area contributed by atoms with Crippen molar-refractivity contribution in [2.24, 2.45) is 5.73 Å². The zero-order chi connectivity index (χ0) is 12.8. The topological polar surface area (TPSA) is 35.2 Å². The number of halogens is 1. The number of hydrogen-bond acceptors (Lipinski definition) is 2. The summed E-state index contributed by atoms with van der Waals surface area (Å²) in [5, 5.41) is 0. The molecule has 1 aromatic rings. The monoisotopic (exact) mass is 297 g/mol. The van der Waals surface area contributed by atoms with E-state index in [9.17, 15) is 0 Å². The summed E-state index contributed by atoms with van der Waals surface area (Å²) in [6.07, 6.45) is 2.33. The maximum atomic E-state index is 6.19. The molecule has 0 heterocycles. The first-order valence-electron chi connectivity index (χ1n) is 6.04. The average molecular weight is 298 g/mol. The van der Waals surface area contributed by atoms with Gasteiger partial charge in [0.2, 0.25) is 0 Å². The van der Waals surface area contributed by atoms with Gasteiger partial charge in [-0.3, -0.25) is 0 Å². The van der Waals surface area contributed by atoms with Crippen LogP contribution in [0.25, 0.3) is 0 Å². The standard InChI is InChI=1S/C14H20BrNO/c1-8-7-11(15)13(17-4)12(9(8)2)14(5-6-14)10(3)16/h7,10H,5-6,16H2,1-4H3. The molecule has 2 rings (SSSR count). The Labute approximate surface area is 112 Å². The maximum absolute atomic E-state index is 6.19. The van der Waals surface area contributed by atoms with Crippen molar-refractivity contribution in [3.63, 3.8) is 0 Å². The summed E-state index contributed by atoms with van der Waals surface area (Å²) in [7, 11) is 1.73. The quantitative estimate of drug-likeness (QED) is 0.927. The molecular weight excluding hydrogens is 278 g/mol. The van der Waals surface area contributed by atoms with Crippen molar-refractivity contribution in [1.29, 1.82) is 0 Å². The minimum absolute atomic E-state index is 0.129. The van der Waals surface area contributed by atoms with Crippen LogP contribution < -0.4 is 10.5 Å². The fourth-order valence-electron chi connectivity index (χ4n) is 2.72. The molecular formula is C14H20BrNO. The molecule has 17 heavy (non-hydrogen) atoms. The minimum atomic E-state index is 0.129. The van der Waals surface area contributed by atoms with E-state index in [4.69, 9.17) is 10.5 Å². The summed E-state index contributed by atoms with van der Waals surface area (Å²) in [5.41, 5.74) is 10.2. The van der Waals surface area contributed by atoms with Crippen molar-refractivity contribution in [1.82, 2.24) is 0 Å². The number of hydrogen-bond donors (Lipinski definition) is 1. The van der Waals surface area contributed by atoms with Gasteiger partial charge >= 0.3 is 0 Å². The molecule has 0 aliphatic heterocycles. The van der Waals surface area contributed by atoms with Gasteiger partial charge in [-0.05, 0) is 66.7 Å². The summed E-state index contributed by atoms with van der Waals surface area (Å²) in [5.74, 6) is 0.961. The molecule has 1 aromatic carbocycles. The van der Waals surface area contributed by atoms with Crippen LogP contribution in [0.5, 0.6) is 5.75 Å². The Morgan fingerprint density at radius 2 is 2.00 bits per heavy atom. The van der Waals surface area contributed by atoms with Crippen molar-refractivity contribution in [3.8, 4) is 5.75 Å². The normalized spacial score (nSPS) is 18.9. The highest BCUT2D eigenvalue weighted by Gasteiger charge is 2.50. The van der Waals surface area contributed by atoms with Crippen LogP contribution in [-0.2, 0) is 5.41 Å². The van der Waals surface area contributed by atoms with Gasteiger partial charge in [-0.1, -0.05) is 0 Å². The van der Waals surface area contributed by atoms with E-state index >= 15 is 0 Å². The van der Waals surface area contributed by atoms with E-state index in [1.807, 2.05) is 0 Å². The summed E-state index contributed by atoms with van der Waals surface area (Å²) < 4.78 is 6.62. The first kappa shape index (κ1) is 12.9. The summed E-state index contributed by atoms with van der Waals surface area (Å²) >= 11 is 3.60. The van der Waals surface area contributed by atoms with Crippen LogP contribution in [0, 0.1) is 13.8 Å². The first-order valence-corrected chi connectivity index (χ1v) is 6.83. The Hall–Kier alpha value is -0.540. The van der Waals surface area contributed by atoms with Crippen molar-refractivity contribution in [2.75, 3.05) is 7.11 Å². The van der Waals surface area contributed by atoms with Gasteiger partial charge in [-0.15, -0.1) is 0 Å². The maximum Gasteiger partial charge on any atom is 0.137 e. The van der Waals surface area contributed by atoms with Gasteiger partial charge in [0.15, 0.2) is 0 Å². The predicted molar refractivity (Wildman–Crippen MR) is 74.7 cm³/mol. The molecule has 94 valence electrons. The Balaban J connectivity index is 2.67. The lowest BCUT2D eigenvalue weighted by atomic mass is 9.84. The molecule has 1 fully saturated rings. The second kappa shape index (κ2) is 4.29. The van der Waals surface area contributed by atoms with Gasteiger partial charge in [0.25, 0.3) is 0 Å². The fraction of sp³-hybridized carbons (Fsp3) is 0.571. The molecule has 0 spiro atoms. The third-order valence-corrected chi connectivity index (χ3v) is 4.71. The van der Waals surface area contributed by atoms with Gasteiger partial charge < -0.3 is 10.5 Å². The second-order valence-corrected chi connectivity index (χ2v) is 6.01. The molecule has 0 radical (unpaired) electrons. The second-order valence-electron chi connectivity index (χ2n) is 5.15. The molecule has 1 unspecified atom stereocenters. The Morgan fingerprint density at radius 1 is 1.41 bits per heavy atom. The third kappa shape index (κ3) is 1.89. The number of benzene rings is 1. The molecule has 1 atom stereocenters. The van der Waals surface area contributed by atoms with Gasteiger partial charge in [0.05, 0.1) is 11.6 Å². The van der Waals surface area contributed by atoms with E-state index in [0.29, 0.717) is 0 Å². The van der Waals surface area contributed by atoms with E-state index in [2.05, 4.69) is 42.8 Å². The predicted octanol–water partition coefficient (Wildman–Crippen LogP) is 3.45. The van der Waals surface area contributed by atoms with Crippen molar-refractivity contribution >= 4 is 15.9 Å². The highest BCUT2D eigenvalue weighted by atomic mass is 79.9. The molecule has 1 aliphatic rings. The zero-order valence-corrected chi connectivity index (χ0v) is 12.5. The first-order chi connectivity index (χ1) is 7.94. The molecule has 2 N–H and O–H groups in total. The molecule has 1 aliphatic carbocycles. The summed E-state index contributed by atoms with van der Waals surface area (Å²) in [6, 6.07) is 2.29. The molecule has 0 aromatic heterocycles. The Bertz CT molecular complexity index is 450. The highest BCUT2D eigenvalue weighted by molar-refractivity contribution is 9.10. The van der Waals surface area contributed by atoms with E-state index in [1.54, 1.807) is 7.11 Å². The molecule has 0 amide bonds. The van der Waals surface area contributed by atoms with E-state index < -0.39 is 0 Å². The lowest BCUT2D eigenvalue weighted by Crippen LogP contribution is -2.32. The number of rotatable bonds is 3. The van der Waals surface area contributed by atoms with Gasteiger partial charge in [0, 0.05) is 17.0 Å². The number of methoxy groups -OCH3 is 1. The lowest BCUT2D eigenvalue weighted by molar-refractivity contribution is 0.395. The Kier molecular flexibility index (Phi) is 3.25. The van der Waals surface area contributed by atoms with Gasteiger partial charge in [-0.25, -0.2) is 0 Å². The van der Waals surface area contributed by atoms with E-state index in [0.717, 1.165) is 23.1 Å². The van der Waals surface area contributed by atoms with Crippen LogP contribution in [0.2, 0.25) is 0 Å². The molecule has 2 nitrogen and oxygen atoms in total. The highest BCUT2D eigenvalue weighted by Crippen LogP contribution is 2.56. The molecule has 1 saturated carbocycles. The summed E-state index contributed by atoms with van der Waals surface area (Å²) in [6.45, 7) is 6.41. The Morgan fingerprint density at radius 3 is 2.41 bits per heavy atom. The molecule has 0 saturated heterocycles. The number of nitrogens with two attached hydrogens (primary N) is 1. The van der Waals surface area contributed by atoms with Crippen LogP contribution in [0.3, 0.4) is 0 Å². The average Bonchev–Trinajstić information content (AvgIpc) is 3.04. The zero-order valence-electron chi connectivity index (χ0n) is 10.9. The van der Waals surface area contributed by atoms with Crippen molar-refractivity contribution in [3.05, 3.63) is 27.2 Å². The van der Waals surface area contributed by atoms with Crippen molar-refractivity contribution in [2.45, 2.75) is 45.1 Å². The van der Waals surface area contributed by atoms with Crippen LogP contribution >= 0.6 is 15.9 Å². The van der Waals surface area contributed by atoms with E-state index in [1.165, 1.54) is 16.7 Å². The number of aryl methyl sites for hydroxylation is 1. The largest absolute Gasteiger partial charge is 0.495 e. The van der Waals surface area contributed by atoms with E-state index in [-0.39, 0.29) is 11.5 Å². The smallest absolute Gasteiger partial charge is 0.137 e. The molecule has 3 heteroatoms. The van der Waals surface area contributed by atoms with Crippen LogP contribution in [0.1, 0.15) is 36.5 Å². The van der Waals surface area contributed by atoms with Crippen LogP contribution in [0.4, 0.5) is 0 Å². The van der Waals surface area contributed by atoms with Crippen molar-refractivity contribution < 1.29 is 4.74 Å².